The number of para-hydroxylation sites is 1. The number of alkyl halides is 3. The van der Waals surface area contributed by atoms with Crippen LogP contribution in [0.25, 0.3) is 5.69 Å². The SMILES string of the molecule is O=C(c1cnn(-c2ccccc2)n1)N(CCC(F)(F)F)CC1CC1. The van der Waals surface area contributed by atoms with Crippen LogP contribution in [0.4, 0.5) is 13.2 Å². The number of halogens is 3. The van der Waals surface area contributed by atoms with Crippen molar-refractivity contribution in [2.24, 2.45) is 5.92 Å². The molecule has 1 aliphatic rings. The normalized spacial score (nSPS) is 14.6. The summed E-state index contributed by atoms with van der Waals surface area (Å²) in [5.41, 5.74) is 0.738. The molecule has 1 saturated carbocycles. The summed E-state index contributed by atoms with van der Waals surface area (Å²) in [4.78, 5) is 15.1. The molecule has 0 aliphatic heterocycles. The molecule has 0 atom stereocenters. The number of benzene rings is 1. The minimum Gasteiger partial charge on any atom is -0.337 e. The Hall–Kier alpha value is -2.38. The summed E-state index contributed by atoms with van der Waals surface area (Å²) < 4.78 is 37.5. The second-order valence-corrected chi connectivity index (χ2v) is 5.91. The van der Waals surface area contributed by atoms with E-state index in [0.717, 1.165) is 12.8 Å². The summed E-state index contributed by atoms with van der Waals surface area (Å²) in [5, 5.41) is 8.14. The van der Waals surface area contributed by atoms with Gasteiger partial charge in [0, 0.05) is 13.1 Å². The lowest BCUT2D eigenvalue weighted by Gasteiger charge is -2.22. The largest absolute Gasteiger partial charge is 0.390 e. The Morgan fingerprint density at radius 2 is 1.96 bits per heavy atom. The number of carbonyl (C=O) groups is 1. The van der Waals surface area contributed by atoms with E-state index in [2.05, 4.69) is 10.2 Å². The number of hydrogen-bond donors (Lipinski definition) is 0. The maximum absolute atomic E-state index is 12.5. The van der Waals surface area contributed by atoms with Crippen molar-refractivity contribution < 1.29 is 18.0 Å². The number of carbonyl (C=O) groups excluding carboxylic acids is 1. The van der Waals surface area contributed by atoms with Crippen LogP contribution in [0.2, 0.25) is 0 Å². The fourth-order valence-corrected chi connectivity index (χ4v) is 2.36. The third-order valence-electron chi connectivity index (χ3n) is 3.83. The van der Waals surface area contributed by atoms with Gasteiger partial charge in [0.05, 0.1) is 18.3 Å². The van der Waals surface area contributed by atoms with Crippen molar-refractivity contribution in [2.45, 2.75) is 25.4 Å². The summed E-state index contributed by atoms with van der Waals surface area (Å²) >= 11 is 0. The van der Waals surface area contributed by atoms with Crippen molar-refractivity contribution in [2.75, 3.05) is 13.1 Å². The molecular weight excluding hydrogens is 321 g/mol. The number of amides is 1. The summed E-state index contributed by atoms with van der Waals surface area (Å²) in [6.45, 7) is -0.00978. The molecule has 128 valence electrons. The van der Waals surface area contributed by atoms with Crippen LogP contribution in [0.5, 0.6) is 0 Å². The first-order chi connectivity index (χ1) is 11.4. The molecule has 8 heteroatoms. The summed E-state index contributed by atoms with van der Waals surface area (Å²) in [7, 11) is 0. The molecule has 1 fully saturated rings. The van der Waals surface area contributed by atoms with Crippen molar-refractivity contribution in [3.8, 4) is 5.69 Å². The molecule has 1 aliphatic carbocycles. The summed E-state index contributed by atoms with van der Waals surface area (Å²) in [5.74, 6) is -0.209. The molecule has 5 nitrogen and oxygen atoms in total. The quantitative estimate of drug-likeness (QED) is 0.813. The van der Waals surface area contributed by atoms with Gasteiger partial charge in [-0.1, -0.05) is 18.2 Å². The minimum absolute atomic E-state index is 0.0571. The van der Waals surface area contributed by atoms with E-state index >= 15 is 0 Å². The Morgan fingerprint density at radius 1 is 1.25 bits per heavy atom. The smallest absolute Gasteiger partial charge is 0.337 e. The molecule has 0 saturated heterocycles. The molecule has 0 N–H and O–H groups in total. The fraction of sp³-hybridized carbons (Fsp3) is 0.438. The Morgan fingerprint density at radius 3 is 2.58 bits per heavy atom. The van der Waals surface area contributed by atoms with Crippen LogP contribution in [0, 0.1) is 5.92 Å². The zero-order valence-corrected chi connectivity index (χ0v) is 12.9. The van der Waals surface area contributed by atoms with E-state index in [4.69, 9.17) is 0 Å². The fourth-order valence-electron chi connectivity index (χ4n) is 2.36. The highest BCUT2D eigenvalue weighted by Crippen LogP contribution is 2.31. The van der Waals surface area contributed by atoms with E-state index in [1.807, 2.05) is 18.2 Å². The highest BCUT2D eigenvalue weighted by Gasteiger charge is 2.33. The Labute approximate surface area is 137 Å². The van der Waals surface area contributed by atoms with Crippen LogP contribution in [-0.4, -0.2) is 45.1 Å². The Kier molecular flexibility index (Phi) is 4.55. The Balaban J connectivity index is 1.73. The van der Waals surface area contributed by atoms with Gasteiger partial charge in [-0.3, -0.25) is 4.79 Å². The predicted octanol–water partition coefficient (Wildman–Crippen LogP) is 3.07. The maximum atomic E-state index is 12.5. The van der Waals surface area contributed by atoms with Crippen molar-refractivity contribution in [1.29, 1.82) is 0 Å². The third-order valence-corrected chi connectivity index (χ3v) is 3.83. The van der Waals surface area contributed by atoms with Gasteiger partial charge in [0.25, 0.3) is 5.91 Å². The van der Waals surface area contributed by atoms with Crippen molar-refractivity contribution in [1.82, 2.24) is 19.9 Å². The summed E-state index contributed by atoms with van der Waals surface area (Å²) in [6, 6.07) is 9.01. The van der Waals surface area contributed by atoms with E-state index in [-0.39, 0.29) is 12.2 Å². The highest BCUT2D eigenvalue weighted by atomic mass is 19.4. The molecular formula is C16H17F3N4O. The van der Waals surface area contributed by atoms with Crippen LogP contribution in [-0.2, 0) is 0 Å². The number of rotatable bonds is 6. The van der Waals surface area contributed by atoms with Gasteiger partial charge in [-0.2, -0.15) is 23.1 Å². The highest BCUT2D eigenvalue weighted by molar-refractivity contribution is 5.92. The lowest BCUT2D eigenvalue weighted by atomic mass is 10.3. The van der Waals surface area contributed by atoms with E-state index in [1.165, 1.54) is 15.9 Å². The van der Waals surface area contributed by atoms with E-state index in [0.29, 0.717) is 18.2 Å². The average Bonchev–Trinajstić information content (AvgIpc) is 3.23. The first kappa shape index (κ1) is 16.5. The standard InChI is InChI=1S/C16H17F3N4O/c17-16(18,19)8-9-22(11-12-6-7-12)15(24)14-10-20-23(21-14)13-4-2-1-3-5-13/h1-5,10,12H,6-9,11H2. The lowest BCUT2D eigenvalue weighted by molar-refractivity contribution is -0.136. The molecule has 1 heterocycles. The van der Waals surface area contributed by atoms with Crippen molar-refractivity contribution in [3.63, 3.8) is 0 Å². The van der Waals surface area contributed by atoms with Gasteiger partial charge >= 0.3 is 6.18 Å². The number of nitrogens with zero attached hydrogens (tertiary/aromatic N) is 4. The van der Waals surface area contributed by atoms with Gasteiger partial charge in [-0.15, -0.1) is 5.10 Å². The van der Waals surface area contributed by atoms with Gasteiger partial charge in [0.2, 0.25) is 0 Å². The molecule has 1 amide bonds. The first-order valence-electron chi connectivity index (χ1n) is 7.76. The Bertz CT molecular complexity index is 695. The molecule has 24 heavy (non-hydrogen) atoms. The first-order valence-corrected chi connectivity index (χ1v) is 7.76. The molecule has 2 aromatic rings. The predicted molar refractivity (Wildman–Crippen MR) is 80.7 cm³/mol. The van der Waals surface area contributed by atoms with E-state index in [1.54, 1.807) is 12.1 Å². The zero-order chi connectivity index (χ0) is 17.2. The van der Waals surface area contributed by atoms with Crippen molar-refractivity contribution >= 4 is 5.91 Å². The third kappa shape index (κ3) is 4.33. The van der Waals surface area contributed by atoms with Crippen molar-refractivity contribution in [3.05, 3.63) is 42.2 Å². The molecule has 0 unspecified atom stereocenters. The second kappa shape index (κ2) is 6.62. The molecule has 0 bridgehead atoms. The molecule has 0 radical (unpaired) electrons. The van der Waals surface area contributed by atoms with Crippen LogP contribution in [0.3, 0.4) is 0 Å². The van der Waals surface area contributed by atoms with Gasteiger partial charge in [-0.05, 0) is 30.9 Å². The molecule has 3 rings (SSSR count). The monoisotopic (exact) mass is 338 g/mol. The number of aromatic nitrogens is 3. The van der Waals surface area contributed by atoms with Gasteiger partial charge < -0.3 is 4.90 Å². The van der Waals surface area contributed by atoms with E-state index < -0.39 is 18.5 Å². The average molecular weight is 338 g/mol. The lowest BCUT2D eigenvalue weighted by Crippen LogP contribution is -2.36. The number of hydrogen-bond acceptors (Lipinski definition) is 3. The maximum Gasteiger partial charge on any atom is 0.390 e. The van der Waals surface area contributed by atoms with Crippen LogP contribution in [0.1, 0.15) is 29.8 Å². The second-order valence-electron chi connectivity index (χ2n) is 5.91. The minimum atomic E-state index is -4.29. The summed E-state index contributed by atoms with van der Waals surface area (Å²) in [6.07, 6.45) is -2.11. The zero-order valence-electron chi connectivity index (χ0n) is 12.9. The molecule has 1 aromatic carbocycles. The van der Waals surface area contributed by atoms with E-state index in [9.17, 15) is 18.0 Å². The van der Waals surface area contributed by atoms with Crippen LogP contribution >= 0.6 is 0 Å². The van der Waals surface area contributed by atoms with Crippen LogP contribution < -0.4 is 0 Å². The van der Waals surface area contributed by atoms with Gasteiger partial charge in [0.15, 0.2) is 5.69 Å². The van der Waals surface area contributed by atoms with Gasteiger partial charge in [0.1, 0.15) is 0 Å². The van der Waals surface area contributed by atoms with Crippen LogP contribution in [0.15, 0.2) is 36.5 Å². The van der Waals surface area contributed by atoms with Gasteiger partial charge in [-0.25, -0.2) is 0 Å². The topological polar surface area (TPSA) is 51.0 Å². The molecule has 1 aromatic heterocycles. The molecule has 0 spiro atoms.